The Morgan fingerprint density at radius 3 is 2.88 bits per heavy atom. The number of hydrogen-bond donors (Lipinski definition) is 0. The number of aromatic nitrogens is 3. The molecule has 6 nitrogen and oxygen atoms in total. The van der Waals surface area contributed by atoms with Gasteiger partial charge in [-0.05, 0) is 36.8 Å². The first kappa shape index (κ1) is 17.3. The predicted octanol–water partition coefficient (Wildman–Crippen LogP) is 1.96. The van der Waals surface area contributed by atoms with Crippen molar-refractivity contribution in [3.8, 4) is 0 Å². The Labute approximate surface area is 148 Å². The van der Waals surface area contributed by atoms with E-state index in [1.807, 2.05) is 36.0 Å². The Hall–Kier alpha value is -2.50. The van der Waals surface area contributed by atoms with Crippen molar-refractivity contribution < 1.29 is 4.79 Å². The molecule has 1 aliphatic heterocycles. The SMILES string of the molecule is CN(C)c1nccnc1C[C@H]1CCCN(C(=O)Cc2cccnc2)C1. The number of nitrogens with zero attached hydrogens (tertiary/aromatic N) is 5. The fraction of sp³-hybridized carbons (Fsp3) is 0.474. The molecule has 0 aromatic carbocycles. The lowest BCUT2D eigenvalue weighted by atomic mass is 9.92. The first-order chi connectivity index (χ1) is 12.1. The molecule has 6 heteroatoms. The third-order valence-corrected chi connectivity index (χ3v) is 4.61. The number of carbonyl (C=O) groups excluding carboxylic acids is 1. The van der Waals surface area contributed by atoms with Crippen molar-refractivity contribution in [2.24, 2.45) is 5.92 Å². The molecule has 1 saturated heterocycles. The molecular weight excluding hydrogens is 314 g/mol. The third kappa shape index (κ3) is 4.53. The summed E-state index contributed by atoms with van der Waals surface area (Å²) in [4.78, 5) is 29.6. The molecule has 0 bridgehead atoms. The van der Waals surface area contributed by atoms with E-state index in [1.54, 1.807) is 24.8 Å². The number of hydrogen-bond acceptors (Lipinski definition) is 5. The number of amides is 1. The van der Waals surface area contributed by atoms with Crippen LogP contribution in [0.3, 0.4) is 0 Å². The topological polar surface area (TPSA) is 62.2 Å². The number of pyridine rings is 1. The first-order valence-electron chi connectivity index (χ1n) is 8.77. The Kier molecular flexibility index (Phi) is 5.58. The van der Waals surface area contributed by atoms with Crippen LogP contribution >= 0.6 is 0 Å². The van der Waals surface area contributed by atoms with Crippen LogP contribution in [0.15, 0.2) is 36.9 Å². The molecule has 1 aliphatic rings. The molecule has 0 saturated carbocycles. The Morgan fingerprint density at radius 2 is 2.12 bits per heavy atom. The van der Waals surface area contributed by atoms with Crippen molar-refractivity contribution in [1.29, 1.82) is 0 Å². The first-order valence-corrected chi connectivity index (χ1v) is 8.77. The smallest absolute Gasteiger partial charge is 0.227 e. The standard InChI is InChI=1S/C19H25N5O/c1-23(2)19-17(21-8-9-22-19)11-16-6-4-10-24(14-16)18(25)12-15-5-3-7-20-13-15/h3,5,7-9,13,16H,4,6,10-12,14H2,1-2H3/t16-/m1/s1. The van der Waals surface area contributed by atoms with Gasteiger partial charge in [-0.1, -0.05) is 6.07 Å². The van der Waals surface area contributed by atoms with Crippen LogP contribution in [0.2, 0.25) is 0 Å². The summed E-state index contributed by atoms with van der Waals surface area (Å²) in [6, 6.07) is 3.83. The number of piperidine rings is 1. The van der Waals surface area contributed by atoms with E-state index < -0.39 is 0 Å². The minimum absolute atomic E-state index is 0.185. The number of rotatable bonds is 5. The van der Waals surface area contributed by atoms with Crippen molar-refractivity contribution >= 4 is 11.7 Å². The van der Waals surface area contributed by atoms with Gasteiger partial charge in [0.25, 0.3) is 0 Å². The molecule has 132 valence electrons. The van der Waals surface area contributed by atoms with Crippen LogP contribution in [0, 0.1) is 5.92 Å². The lowest BCUT2D eigenvalue weighted by Crippen LogP contribution is -2.41. The second-order valence-electron chi connectivity index (χ2n) is 6.81. The highest BCUT2D eigenvalue weighted by Gasteiger charge is 2.25. The summed E-state index contributed by atoms with van der Waals surface area (Å²) in [6.07, 6.45) is 10.4. The molecule has 2 aromatic heterocycles. The van der Waals surface area contributed by atoms with Gasteiger partial charge >= 0.3 is 0 Å². The van der Waals surface area contributed by atoms with Gasteiger partial charge in [0.2, 0.25) is 5.91 Å². The summed E-state index contributed by atoms with van der Waals surface area (Å²) in [7, 11) is 3.97. The zero-order valence-electron chi connectivity index (χ0n) is 14.9. The van der Waals surface area contributed by atoms with Gasteiger partial charge in [0.05, 0.1) is 12.1 Å². The molecule has 0 unspecified atom stereocenters. The van der Waals surface area contributed by atoms with Crippen LogP contribution < -0.4 is 4.90 Å². The summed E-state index contributed by atoms with van der Waals surface area (Å²) in [6.45, 7) is 1.64. The van der Waals surface area contributed by atoms with Crippen LogP contribution in [0.25, 0.3) is 0 Å². The summed E-state index contributed by atoms with van der Waals surface area (Å²) >= 11 is 0. The van der Waals surface area contributed by atoms with E-state index in [9.17, 15) is 4.79 Å². The highest BCUT2D eigenvalue weighted by molar-refractivity contribution is 5.78. The summed E-state index contributed by atoms with van der Waals surface area (Å²) < 4.78 is 0. The largest absolute Gasteiger partial charge is 0.361 e. The second kappa shape index (κ2) is 8.05. The van der Waals surface area contributed by atoms with E-state index in [-0.39, 0.29) is 5.91 Å². The fourth-order valence-electron chi connectivity index (χ4n) is 3.40. The van der Waals surface area contributed by atoms with Crippen LogP contribution in [-0.2, 0) is 17.6 Å². The Bertz CT molecular complexity index is 704. The highest BCUT2D eigenvalue weighted by Crippen LogP contribution is 2.24. The average molecular weight is 339 g/mol. The minimum Gasteiger partial charge on any atom is -0.361 e. The van der Waals surface area contributed by atoms with Crippen molar-refractivity contribution in [3.63, 3.8) is 0 Å². The maximum Gasteiger partial charge on any atom is 0.227 e. The maximum atomic E-state index is 12.6. The van der Waals surface area contributed by atoms with Crippen molar-refractivity contribution in [1.82, 2.24) is 19.9 Å². The van der Waals surface area contributed by atoms with Gasteiger partial charge in [-0.3, -0.25) is 14.8 Å². The van der Waals surface area contributed by atoms with Crippen LogP contribution in [0.4, 0.5) is 5.82 Å². The van der Waals surface area contributed by atoms with E-state index in [0.29, 0.717) is 12.3 Å². The molecule has 3 heterocycles. The molecule has 0 spiro atoms. The van der Waals surface area contributed by atoms with Gasteiger partial charge in [-0.25, -0.2) is 4.98 Å². The van der Waals surface area contributed by atoms with Gasteiger partial charge < -0.3 is 9.80 Å². The molecule has 3 rings (SSSR count). The number of likely N-dealkylation sites (tertiary alicyclic amines) is 1. The molecule has 0 aliphatic carbocycles. The van der Waals surface area contributed by atoms with Crippen molar-refractivity contribution in [2.45, 2.75) is 25.7 Å². The molecular formula is C19H25N5O. The normalized spacial score (nSPS) is 17.4. The summed E-state index contributed by atoms with van der Waals surface area (Å²) in [5.41, 5.74) is 1.98. The van der Waals surface area contributed by atoms with E-state index in [1.165, 1.54) is 0 Å². The van der Waals surface area contributed by atoms with E-state index in [2.05, 4.69) is 15.0 Å². The van der Waals surface area contributed by atoms with E-state index in [4.69, 9.17) is 0 Å². The van der Waals surface area contributed by atoms with Gasteiger partial charge in [0.15, 0.2) is 0 Å². The fourth-order valence-corrected chi connectivity index (χ4v) is 3.40. The second-order valence-corrected chi connectivity index (χ2v) is 6.81. The van der Waals surface area contributed by atoms with Gasteiger partial charge in [-0.15, -0.1) is 0 Å². The maximum absolute atomic E-state index is 12.6. The molecule has 1 atom stereocenters. The van der Waals surface area contributed by atoms with Crippen LogP contribution in [0.1, 0.15) is 24.1 Å². The van der Waals surface area contributed by atoms with Gasteiger partial charge in [0.1, 0.15) is 5.82 Å². The number of carbonyl (C=O) groups is 1. The zero-order valence-corrected chi connectivity index (χ0v) is 14.9. The molecule has 2 aromatic rings. The molecule has 1 amide bonds. The zero-order chi connectivity index (χ0) is 17.6. The highest BCUT2D eigenvalue weighted by atomic mass is 16.2. The van der Waals surface area contributed by atoms with E-state index >= 15 is 0 Å². The van der Waals surface area contributed by atoms with Crippen molar-refractivity contribution in [2.75, 3.05) is 32.1 Å². The lowest BCUT2D eigenvalue weighted by Gasteiger charge is -2.33. The quantitative estimate of drug-likeness (QED) is 0.833. The van der Waals surface area contributed by atoms with Gasteiger partial charge in [-0.2, -0.15) is 0 Å². The Morgan fingerprint density at radius 1 is 1.28 bits per heavy atom. The van der Waals surface area contributed by atoms with Crippen LogP contribution in [-0.4, -0.2) is 52.9 Å². The molecule has 1 fully saturated rings. The van der Waals surface area contributed by atoms with Crippen molar-refractivity contribution in [3.05, 3.63) is 48.2 Å². The molecule has 0 radical (unpaired) electrons. The lowest BCUT2D eigenvalue weighted by molar-refractivity contribution is -0.132. The molecule has 25 heavy (non-hydrogen) atoms. The summed E-state index contributed by atoms with van der Waals surface area (Å²) in [5.74, 6) is 1.54. The molecule has 0 N–H and O–H groups in total. The summed E-state index contributed by atoms with van der Waals surface area (Å²) in [5, 5.41) is 0. The van der Waals surface area contributed by atoms with Gasteiger partial charge in [0, 0.05) is 52.0 Å². The third-order valence-electron chi connectivity index (χ3n) is 4.61. The van der Waals surface area contributed by atoms with Crippen LogP contribution in [0.5, 0.6) is 0 Å². The monoisotopic (exact) mass is 339 g/mol. The van der Waals surface area contributed by atoms with E-state index in [0.717, 1.165) is 49.4 Å². The minimum atomic E-state index is 0.185. The Balaban J connectivity index is 1.62. The number of anilines is 1. The average Bonchev–Trinajstić information content (AvgIpc) is 2.63. The predicted molar refractivity (Wildman–Crippen MR) is 97.3 cm³/mol.